The van der Waals surface area contributed by atoms with Crippen LogP contribution in [0, 0.1) is 17.8 Å². The van der Waals surface area contributed by atoms with Gasteiger partial charge in [0.25, 0.3) is 5.91 Å². The van der Waals surface area contributed by atoms with Gasteiger partial charge in [0.05, 0.1) is 5.69 Å². The average Bonchev–Trinajstić information content (AvgIpc) is 3.11. The van der Waals surface area contributed by atoms with Gasteiger partial charge in [-0.1, -0.05) is 27.7 Å². The molecule has 1 fully saturated rings. The van der Waals surface area contributed by atoms with E-state index in [0.29, 0.717) is 35.2 Å². The van der Waals surface area contributed by atoms with Crippen LogP contribution in [0.4, 0.5) is 5.69 Å². The van der Waals surface area contributed by atoms with Gasteiger partial charge in [0.1, 0.15) is 5.69 Å². The van der Waals surface area contributed by atoms with Crippen molar-refractivity contribution < 1.29 is 4.79 Å². The molecule has 1 amide bonds. The van der Waals surface area contributed by atoms with Crippen molar-refractivity contribution in [2.45, 2.75) is 46.6 Å². The quantitative estimate of drug-likeness (QED) is 0.839. The van der Waals surface area contributed by atoms with E-state index in [-0.39, 0.29) is 5.91 Å². The fourth-order valence-corrected chi connectivity index (χ4v) is 2.88. The van der Waals surface area contributed by atoms with Crippen molar-refractivity contribution in [1.82, 2.24) is 9.88 Å². The average molecular weight is 277 g/mol. The van der Waals surface area contributed by atoms with E-state index >= 15 is 0 Å². The van der Waals surface area contributed by atoms with E-state index in [1.165, 1.54) is 0 Å². The molecule has 0 aliphatic heterocycles. The second-order valence-electron chi connectivity index (χ2n) is 6.66. The van der Waals surface area contributed by atoms with Gasteiger partial charge in [-0.05, 0) is 36.7 Å². The number of carbonyl (C=O) groups is 1. The predicted octanol–water partition coefficient (Wildman–Crippen LogP) is 3.06. The summed E-state index contributed by atoms with van der Waals surface area (Å²) in [6.07, 6.45) is 4.18. The Hall–Kier alpha value is -1.45. The third-order valence-electron chi connectivity index (χ3n) is 4.25. The van der Waals surface area contributed by atoms with Gasteiger partial charge in [0, 0.05) is 18.8 Å². The number of rotatable bonds is 6. The van der Waals surface area contributed by atoms with E-state index in [0.717, 1.165) is 19.4 Å². The minimum absolute atomic E-state index is 0.0000926. The van der Waals surface area contributed by atoms with Gasteiger partial charge in [-0.15, -0.1) is 0 Å². The van der Waals surface area contributed by atoms with Gasteiger partial charge < -0.3 is 15.6 Å². The smallest absolute Gasteiger partial charge is 0.268 e. The molecule has 4 nitrogen and oxygen atoms in total. The maximum absolute atomic E-state index is 12.4. The van der Waals surface area contributed by atoms with Crippen molar-refractivity contribution in [3.05, 3.63) is 18.0 Å². The molecular formula is C16H27N3O. The number of carbonyl (C=O) groups excluding carboxylic acids is 1. The first-order chi connectivity index (χ1) is 9.40. The number of anilines is 1. The molecule has 1 aromatic rings. The summed E-state index contributed by atoms with van der Waals surface area (Å²) < 4.78 is 2.03. The summed E-state index contributed by atoms with van der Waals surface area (Å²) in [6, 6.07) is 2.26. The van der Waals surface area contributed by atoms with E-state index in [1.54, 1.807) is 6.07 Å². The molecule has 0 saturated heterocycles. The molecule has 0 spiro atoms. The fraction of sp³-hybridized carbons (Fsp3) is 0.688. The first-order valence-electron chi connectivity index (χ1n) is 7.65. The Kier molecular flexibility index (Phi) is 4.41. The normalized spacial score (nSPS) is 15.3. The molecule has 0 aromatic carbocycles. The molecular weight excluding hydrogens is 250 g/mol. The van der Waals surface area contributed by atoms with E-state index in [1.807, 2.05) is 10.8 Å². The molecule has 2 rings (SSSR count). The summed E-state index contributed by atoms with van der Waals surface area (Å²) in [7, 11) is 0. The summed E-state index contributed by atoms with van der Waals surface area (Å²) in [5, 5.41) is 3.08. The topological polar surface area (TPSA) is 60.1 Å². The number of nitrogens with zero attached hydrogens (tertiary/aromatic N) is 1. The Morgan fingerprint density at radius 2 is 1.95 bits per heavy atom. The Bertz CT molecular complexity index is 464. The van der Waals surface area contributed by atoms with Gasteiger partial charge in [0.15, 0.2) is 0 Å². The highest BCUT2D eigenvalue weighted by atomic mass is 16.1. The molecule has 1 aromatic heterocycles. The van der Waals surface area contributed by atoms with Crippen LogP contribution < -0.4 is 11.1 Å². The molecule has 0 atom stereocenters. The van der Waals surface area contributed by atoms with Crippen molar-refractivity contribution in [2.24, 2.45) is 17.8 Å². The molecule has 112 valence electrons. The van der Waals surface area contributed by atoms with Crippen LogP contribution in [-0.4, -0.2) is 17.0 Å². The van der Waals surface area contributed by atoms with Gasteiger partial charge >= 0.3 is 0 Å². The first-order valence-corrected chi connectivity index (χ1v) is 7.65. The van der Waals surface area contributed by atoms with Gasteiger partial charge in [-0.2, -0.15) is 0 Å². The number of nitrogens with one attached hydrogen (secondary N) is 1. The maximum atomic E-state index is 12.4. The number of nitrogen functional groups attached to an aromatic ring is 1. The Balaban J connectivity index is 2.01. The molecule has 1 heterocycles. The molecule has 0 radical (unpaired) electrons. The van der Waals surface area contributed by atoms with Crippen LogP contribution in [0.3, 0.4) is 0 Å². The molecule has 1 saturated carbocycles. The minimum atomic E-state index is -0.0000926. The Labute approximate surface area is 121 Å². The minimum Gasteiger partial charge on any atom is -0.397 e. The zero-order valence-electron chi connectivity index (χ0n) is 13.0. The van der Waals surface area contributed by atoms with Crippen LogP contribution in [0.1, 0.15) is 57.1 Å². The summed E-state index contributed by atoms with van der Waals surface area (Å²) in [6.45, 7) is 9.57. The van der Waals surface area contributed by atoms with Crippen LogP contribution in [0.25, 0.3) is 0 Å². The van der Waals surface area contributed by atoms with Gasteiger partial charge in [-0.3, -0.25) is 4.79 Å². The van der Waals surface area contributed by atoms with Crippen molar-refractivity contribution in [2.75, 3.05) is 12.3 Å². The van der Waals surface area contributed by atoms with Crippen molar-refractivity contribution in [3.8, 4) is 0 Å². The standard InChI is InChI=1S/C16H27N3O/c1-10(2)14(11(3)4)8-18-16(20)15-7-12(17)9-19(15)13-5-6-13/h7,9-11,13-14H,5-6,8,17H2,1-4H3,(H,18,20). The number of hydrogen-bond donors (Lipinski definition) is 2. The number of hydrogen-bond acceptors (Lipinski definition) is 2. The molecule has 0 bridgehead atoms. The highest BCUT2D eigenvalue weighted by molar-refractivity contribution is 5.93. The Morgan fingerprint density at radius 3 is 2.45 bits per heavy atom. The summed E-state index contributed by atoms with van der Waals surface area (Å²) in [5.74, 6) is 1.63. The van der Waals surface area contributed by atoms with E-state index in [2.05, 4.69) is 33.0 Å². The lowest BCUT2D eigenvalue weighted by molar-refractivity contribution is 0.0927. The zero-order valence-corrected chi connectivity index (χ0v) is 13.0. The monoisotopic (exact) mass is 277 g/mol. The maximum Gasteiger partial charge on any atom is 0.268 e. The van der Waals surface area contributed by atoms with E-state index in [9.17, 15) is 4.79 Å². The molecule has 20 heavy (non-hydrogen) atoms. The molecule has 4 heteroatoms. The van der Waals surface area contributed by atoms with E-state index < -0.39 is 0 Å². The highest BCUT2D eigenvalue weighted by Crippen LogP contribution is 2.37. The summed E-state index contributed by atoms with van der Waals surface area (Å²) in [4.78, 5) is 12.4. The van der Waals surface area contributed by atoms with Crippen LogP contribution in [0.5, 0.6) is 0 Å². The van der Waals surface area contributed by atoms with E-state index in [4.69, 9.17) is 5.73 Å². The van der Waals surface area contributed by atoms with Crippen LogP contribution in [0.15, 0.2) is 12.3 Å². The number of nitrogens with two attached hydrogens (primary N) is 1. The second kappa shape index (κ2) is 5.90. The third-order valence-corrected chi connectivity index (χ3v) is 4.25. The van der Waals surface area contributed by atoms with Gasteiger partial charge in [0.2, 0.25) is 0 Å². The summed E-state index contributed by atoms with van der Waals surface area (Å²) >= 11 is 0. The van der Waals surface area contributed by atoms with Crippen molar-refractivity contribution in [3.63, 3.8) is 0 Å². The lowest BCUT2D eigenvalue weighted by Gasteiger charge is -2.25. The first kappa shape index (κ1) is 14.9. The van der Waals surface area contributed by atoms with Crippen molar-refractivity contribution in [1.29, 1.82) is 0 Å². The van der Waals surface area contributed by atoms with Gasteiger partial charge in [-0.25, -0.2) is 0 Å². The lowest BCUT2D eigenvalue weighted by atomic mass is 9.85. The third kappa shape index (κ3) is 3.35. The number of amides is 1. The molecule has 0 unspecified atom stereocenters. The lowest BCUT2D eigenvalue weighted by Crippen LogP contribution is -2.34. The van der Waals surface area contributed by atoms with Crippen LogP contribution >= 0.6 is 0 Å². The summed E-state index contributed by atoms with van der Waals surface area (Å²) in [5.41, 5.74) is 7.21. The molecule has 3 N–H and O–H groups in total. The van der Waals surface area contributed by atoms with Crippen LogP contribution in [-0.2, 0) is 0 Å². The fourth-order valence-electron chi connectivity index (χ4n) is 2.88. The zero-order chi connectivity index (χ0) is 14.9. The highest BCUT2D eigenvalue weighted by Gasteiger charge is 2.28. The van der Waals surface area contributed by atoms with Crippen molar-refractivity contribution >= 4 is 11.6 Å². The predicted molar refractivity (Wildman–Crippen MR) is 82.6 cm³/mol. The number of aromatic nitrogens is 1. The van der Waals surface area contributed by atoms with Crippen LogP contribution in [0.2, 0.25) is 0 Å². The molecule has 1 aliphatic carbocycles. The SMILES string of the molecule is CC(C)C(CNC(=O)c1cc(N)cn1C1CC1)C(C)C. The second-order valence-corrected chi connectivity index (χ2v) is 6.66. The molecule has 1 aliphatic rings. The largest absolute Gasteiger partial charge is 0.397 e. The Morgan fingerprint density at radius 1 is 1.35 bits per heavy atom.